The van der Waals surface area contributed by atoms with Crippen molar-refractivity contribution in [3.63, 3.8) is 0 Å². The maximum Gasteiger partial charge on any atom is 0.127 e. The van der Waals surface area contributed by atoms with Gasteiger partial charge in [-0.2, -0.15) is 0 Å². The fourth-order valence-corrected chi connectivity index (χ4v) is 2.17. The van der Waals surface area contributed by atoms with Gasteiger partial charge in [-0.1, -0.05) is 19.1 Å². The summed E-state index contributed by atoms with van der Waals surface area (Å²) in [5.41, 5.74) is 3.92. The minimum atomic E-state index is 0.470. The first-order valence-corrected chi connectivity index (χ1v) is 5.70. The van der Waals surface area contributed by atoms with Gasteiger partial charge in [0.2, 0.25) is 0 Å². The fourth-order valence-electron chi connectivity index (χ4n) is 2.17. The minimum absolute atomic E-state index is 0.470. The Kier molecular flexibility index (Phi) is 2.96. The van der Waals surface area contributed by atoms with Crippen molar-refractivity contribution >= 4 is 0 Å². The van der Waals surface area contributed by atoms with E-state index < -0.39 is 0 Å². The average molecular weight is 205 g/mol. The third-order valence-electron chi connectivity index (χ3n) is 3.19. The van der Waals surface area contributed by atoms with Crippen molar-refractivity contribution in [2.75, 3.05) is 13.2 Å². The van der Waals surface area contributed by atoms with E-state index in [4.69, 9.17) is 4.74 Å². The number of hydrogen-bond donors (Lipinski definition) is 1. The molecule has 82 valence electrons. The molecule has 1 aromatic rings. The molecule has 2 nitrogen and oxygen atoms in total. The lowest BCUT2D eigenvalue weighted by molar-refractivity contribution is 0.252. The standard InChI is InChI=1S/C13H19NO/c1-4-14-12-7-8-15-13-10(3)9(2)5-6-11(12)13/h5-6,12,14H,4,7-8H2,1-3H3. The molecular formula is C13H19NO. The van der Waals surface area contributed by atoms with Crippen LogP contribution in [0.1, 0.15) is 36.1 Å². The molecule has 0 radical (unpaired) electrons. The largest absolute Gasteiger partial charge is 0.493 e. The highest BCUT2D eigenvalue weighted by atomic mass is 16.5. The van der Waals surface area contributed by atoms with Crippen molar-refractivity contribution in [3.8, 4) is 5.75 Å². The molecule has 0 bridgehead atoms. The van der Waals surface area contributed by atoms with Crippen LogP contribution in [0.5, 0.6) is 5.75 Å². The molecule has 2 rings (SSSR count). The van der Waals surface area contributed by atoms with E-state index in [1.54, 1.807) is 0 Å². The predicted octanol–water partition coefficient (Wildman–Crippen LogP) is 2.74. The quantitative estimate of drug-likeness (QED) is 0.801. The van der Waals surface area contributed by atoms with E-state index in [2.05, 4.69) is 38.2 Å². The molecular weight excluding hydrogens is 186 g/mol. The second kappa shape index (κ2) is 4.23. The van der Waals surface area contributed by atoms with E-state index in [-0.39, 0.29) is 0 Å². The molecule has 1 atom stereocenters. The number of fused-ring (bicyclic) bond motifs is 1. The molecule has 15 heavy (non-hydrogen) atoms. The van der Waals surface area contributed by atoms with Gasteiger partial charge in [0.1, 0.15) is 5.75 Å². The Morgan fingerprint density at radius 1 is 1.40 bits per heavy atom. The summed E-state index contributed by atoms with van der Waals surface area (Å²) in [5.74, 6) is 1.10. The van der Waals surface area contributed by atoms with Gasteiger partial charge in [0.05, 0.1) is 6.61 Å². The van der Waals surface area contributed by atoms with E-state index >= 15 is 0 Å². The summed E-state index contributed by atoms with van der Waals surface area (Å²) in [5, 5.41) is 3.51. The normalized spacial score (nSPS) is 19.5. The Labute approximate surface area is 91.6 Å². The zero-order chi connectivity index (χ0) is 10.8. The van der Waals surface area contributed by atoms with Gasteiger partial charge in [0.25, 0.3) is 0 Å². The summed E-state index contributed by atoms with van der Waals surface area (Å²) in [4.78, 5) is 0. The molecule has 0 aliphatic carbocycles. The zero-order valence-electron chi connectivity index (χ0n) is 9.76. The van der Waals surface area contributed by atoms with Gasteiger partial charge < -0.3 is 10.1 Å². The summed E-state index contributed by atoms with van der Waals surface area (Å²) < 4.78 is 5.77. The fraction of sp³-hybridized carbons (Fsp3) is 0.538. The van der Waals surface area contributed by atoms with Crippen molar-refractivity contribution in [3.05, 3.63) is 28.8 Å². The van der Waals surface area contributed by atoms with Gasteiger partial charge in [-0.05, 0) is 31.5 Å². The molecule has 0 saturated carbocycles. The van der Waals surface area contributed by atoms with Crippen LogP contribution in [0.4, 0.5) is 0 Å². The van der Waals surface area contributed by atoms with E-state index in [1.807, 2.05) is 0 Å². The molecule has 0 amide bonds. The van der Waals surface area contributed by atoms with Gasteiger partial charge in [0, 0.05) is 18.0 Å². The Bertz CT molecular complexity index is 360. The lowest BCUT2D eigenvalue weighted by Crippen LogP contribution is -2.27. The van der Waals surface area contributed by atoms with E-state index in [0.29, 0.717) is 6.04 Å². The van der Waals surface area contributed by atoms with Crippen molar-refractivity contribution in [1.82, 2.24) is 5.32 Å². The van der Waals surface area contributed by atoms with Gasteiger partial charge in [-0.15, -0.1) is 0 Å². The zero-order valence-corrected chi connectivity index (χ0v) is 9.76. The summed E-state index contributed by atoms with van der Waals surface area (Å²) in [6.45, 7) is 8.26. The van der Waals surface area contributed by atoms with E-state index in [9.17, 15) is 0 Å². The third kappa shape index (κ3) is 1.86. The van der Waals surface area contributed by atoms with Gasteiger partial charge in [0.15, 0.2) is 0 Å². The highest BCUT2D eigenvalue weighted by molar-refractivity contribution is 5.47. The van der Waals surface area contributed by atoms with E-state index in [0.717, 1.165) is 25.3 Å². The van der Waals surface area contributed by atoms with Crippen LogP contribution in [0.2, 0.25) is 0 Å². The van der Waals surface area contributed by atoms with Gasteiger partial charge >= 0.3 is 0 Å². The van der Waals surface area contributed by atoms with Crippen molar-refractivity contribution < 1.29 is 4.74 Å². The Morgan fingerprint density at radius 3 is 2.93 bits per heavy atom. The molecule has 1 aliphatic rings. The molecule has 0 aromatic heterocycles. The van der Waals surface area contributed by atoms with Crippen LogP contribution in [-0.2, 0) is 0 Å². The SMILES string of the molecule is CCNC1CCOc2c1ccc(C)c2C. The summed E-state index contributed by atoms with van der Waals surface area (Å²) >= 11 is 0. The number of ether oxygens (including phenoxy) is 1. The predicted molar refractivity (Wildman–Crippen MR) is 62.4 cm³/mol. The van der Waals surface area contributed by atoms with Crippen LogP contribution in [0, 0.1) is 13.8 Å². The van der Waals surface area contributed by atoms with Crippen molar-refractivity contribution in [1.29, 1.82) is 0 Å². The first kappa shape index (κ1) is 10.5. The van der Waals surface area contributed by atoms with Crippen molar-refractivity contribution in [2.45, 2.75) is 33.2 Å². The second-order valence-electron chi connectivity index (χ2n) is 4.17. The number of rotatable bonds is 2. The Balaban J connectivity index is 2.40. The molecule has 0 spiro atoms. The first-order chi connectivity index (χ1) is 7.24. The molecule has 0 fully saturated rings. The molecule has 1 unspecified atom stereocenters. The summed E-state index contributed by atoms with van der Waals surface area (Å²) in [6.07, 6.45) is 1.07. The number of benzene rings is 1. The van der Waals surface area contributed by atoms with Crippen LogP contribution < -0.4 is 10.1 Å². The first-order valence-electron chi connectivity index (χ1n) is 5.70. The van der Waals surface area contributed by atoms with Crippen LogP contribution in [0.15, 0.2) is 12.1 Å². The maximum atomic E-state index is 5.77. The molecule has 1 N–H and O–H groups in total. The van der Waals surface area contributed by atoms with E-state index in [1.165, 1.54) is 16.7 Å². The smallest absolute Gasteiger partial charge is 0.127 e. The molecule has 1 aliphatic heterocycles. The Hall–Kier alpha value is -1.02. The molecule has 2 heteroatoms. The topological polar surface area (TPSA) is 21.3 Å². The van der Waals surface area contributed by atoms with Gasteiger partial charge in [-0.3, -0.25) is 0 Å². The highest BCUT2D eigenvalue weighted by Crippen LogP contribution is 2.35. The van der Waals surface area contributed by atoms with Crippen LogP contribution in [0.25, 0.3) is 0 Å². The monoisotopic (exact) mass is 205 g/mol. The van der Waals surface area contributed by atoms with Gasteiger partial charge in [-0.25, -0.2) is 0 Å². The maximum absolute atomic E-state index is 5.77. The number of hydrogen-bond acceptors (Lipinski definition) is 2. The number of aryl methyl sites for hydroxylation is 1. The number of nitrogens with one attached hydrogen (secondary N) is 1. The third-order valence-corrected chi connectivity index (χ3v) is 3.19. The molecule has 1 aromatic carbocycles. The molecule has 0 saturated heterocycles. The van der Waals surface area contributed by atoms with Crippen LogP contribution in [0.3, 0.4) is 0 Å². The summed E-state index contributed by atoms with van der Waals surface area (Å²) in [7, 11) is 0. The lowest BCUT2D eigenvalue weighted by Gasteiger charge is -2.28. The minimum Gasteiger partial charge on any atom is -0.493 e. The molecule has 1 heterocycles. The Morgan fingerprint density at radius 2 is 2.20 bits per heavy atom. The van der Waals surface area contributed by atoms with Crippen LogP contribution >= 0.6 is 0 Å². The second-order valence-corrected chi connectivity index (χ2v) is 4.17. The highest BCUT2D eigenvalue weighted by Gasteiger charge is 2.22. The average Bonchev–Trinajstić information content (AvgIpc) is 2.25. The summed E-state index contributed by atoms with van der Waals surface area (Å²) in [6, 6.07) is 4.86. The van der Waals surface area contributed by atoms with Crippen molar-refractivity contribution in [2.24, 2.45) is 0 Å². The lowest BCUT2D eigenvalue weighted by atomic mass is 9.95. The van der Waals surface area contributed by atoms with Crippen LogP contribution in [-0.4, -0.2) is 13.2 Å².